The Morgan fingerprint density at radius 2 is 1.90 bits per heavy atom. The van der Waals surface area contributed by atoms with Crippen molar-refractivity contribution in [2.75, 3.05) is 17.2 Å². The number of aryl methyl sites for hydroxylation is 2. The first-order valence-corrected chi connectivity index (χ1v) is 7.76. The SMILES string of the molecule is Cc1cc(Br)cc(C)c1NC(=O)C1CNc2ccccc21. The summed E-state index contributed by atoms with van der Waals surface area (Å²) in [5, 5.41) is 6.38. The normalized spacial score (nSPS) is 16.2. The van der Waals surface area contributed by atoms with Crippen LogP contribution in [0.15, 0.2) is 40.9 Å². The van der Waals surface area contributed by atoms with E-state index in [0.29, 0.717) is 6.54 Å². The highest BCUT2D eigenvalue weighted by molar-refractivity contribution is 9.10. The number of halogens is 1. The van der Waals surface area contributed by atoms with Gasteiger partial charge < -0.3 is 10.6 Å². The molecule has 2 N–H and O–H groups in total. The summed E-state index contributed by atoms with van der Waals surface area (Å²) >= 11 is 3.48. The van der Waals surface area contributed by atoms with E-state index in [9.17, 15) is 4.79 Å². The molecule has 0 fully saturated rings. The molecule has 0 aliphatic carbocycles. The summed E-state index contributed by atoms with van der Waals surface area (Å²) in [5.74, 6) is -0.0929. The van der Waals surface area contributed by atoms with E-state index in [0.717, 1.165) is 32.5 Å². The third-order valence-corrected chi connectivity index (χ3v) is 4.35. The average Bonchev–Trinajstić information content (AvgIpc) is 2.86. The molecule has 1 amide bonds. The molecule has 1 aliphatic heterocycles. The fraction of sp³-hybridized carbons (Fsp3) is 0.235. The third-order valence-electron chi connectivity index (χ3n) is 3.89. The van der Waals surface area contributed by atoms with Crippen molar-refractivity contribution in [3.8, 4) is 0 Å². The molecule has 2 aromatic carbocycles. The van der Waals surface area contributed by atoms with Gasteiger partial charge in [0.1, 0.15) is 0 Å². The molecule has 3 rings (SSSR count). The first-order valence-electron chi connectivity index (χ1n) is 6.96. The Balaban J connectivity index is 1.86. The molecule has 2 aromatic rings. The first-order chi connectivity index (χ1) is 10.1. The number of para-hydroxylation sites is 1. The predicted octanol–water partition coefficient (Wildman–Crippen LogP) is 4.21. The molecule has 0 aromatic heterocycles. The van der Waals surface area contributed by atoms with Crippen molar-refractivity contribution in [1.29, 1.82) is 0 Å². The van der Waals surface area contributed by atoms with Crippen molar-refractivity contribution in [3.05, 3.63) is 57.6 Å². The van der Waals surface area contributed by atoms with E-state index in [1.807, 2.05) is 50.2 Å². The van der Waals surface area contributed by atoms with Crippen molar-refractivity contribution in [1.82, 2.24) is 0 Å². The van der Waals surface area contributed by atoms with Crippen LogP contribution in [0.25, 0.3) is 0 Å². The lowest BCUT2D eigenvalue weighted by atomic mass is 10.00. The molecule has 0 saturated heterocycles. The van der Waals surface area contributed by atoms with E-state index in [4.69, 9.17) is 0 Å². The second kappa shape index (κ2) is 5.53. The van der Waals surface area contributed by atoms with Crippen molar-refractivity contribution in [3.63, 3.8) is 0 Å². The van der Waals surface area contributed by atoms with Gasteiger partial charge in [0.25, 0.3) is 0 Å². The summed E-state index contributed by atoms with van der Waals surface area (Å²) in [6.45, 7) is 4.67. The Morgan fingerprint density at radius 3 is 2.62 bits per heavy atom. The zero-order valence-corrected chi connectivity index (χ0v) is 13.6. The van der Waals surface area contributed by atoms with Gasteiger partial charge in [-0.3, -0.25) is 4.79 Å². The number of benzene rings is 2. The standard InChI is InChI=1S/C17H17BrN2O/c1-10-7-12(18)8-11(2)16(10)20-17(21)14-9-19-15-6-4-3-5-13(14)15/h3-8,14,19H,9H2,1-2H3,(H,20,21). The Morgan fingerprint density at radius 1 is 1.24 bits per heavy atom. The molecular weight excluding hydrogens is 328 g/mol. The Kier molecular flexibility index (Phi) is 3.72. The van der Waals surface area contributed by atoms with E-state index in [1.54, 1.807) is 0 Å². The molecule has 4 heteroatoms. The van der Waals surface area contributed by atoms with E-state index < -0.39 is 0 Å². The van der Waals surface area contributed by atoms with Gasteiger partial charge >= 0.3 is 0 Å². The van der Waals surface area contributed by atoms with Crippen LogP contribution in [0.2, 0.25) is 0 Å². The molecule has 0 spiro atoms. The van der Waals surface area contributed by atoms with Crippen molar-refractivity contribution in [2.24, 2.45) is 0 Å². The lowest BCUT2D eigenvalue weighted by Crippen LogP contribution is -2.23. The van der Waals surface area contributed by atoms with Crippen LogP contribution in [0, 0.1) is 13.8 Å². The predicted molar refractivity (Wildman–Crippen MR) is 89.9 cm³/mol. The van der Waals surface area contributed by atoms with Crippen LogP contribution in [-0.2, 0) is 4.79 Å². The molecular formula is C17H17BrN2O. The van der Waals surface area contributed by atoms with Crippen LogP contribution in [0.1, 0.15) is 22.6 Å². The summed E-state index contributed by atoms with van der Waals surface area (Å²) < 4.78 is 1.03. The number of hydrogen-bond donors (Lipinski definition) is 2. The monoisotopic (exact) mass is 344 g/mol. The number of amides is 1. The summed E-state index contributed by atoms with van der Waals surface area (Å²) in [6, 6.07) is 12.0. The zero-order valence-electron chi connectivity index (χ0n) is 12.0. The van der Waals surface area contributed by atoms with Gasteiger partial charge in [-0.15, -0.1) is 0 Å². The van der Waals surface area contributed by atoms with Crippen LogP contribution >= 0.6 is 15.9 Å². The largest absolute Gasteiger partial charge is 0.384 e. The lowest BCUT2D eigenvalue weighted by molar-refractivity contribution is -0.117. The van der Waals surface area contributed by atoms with Crippen LogP contribution in [0.4, 0.5) is 11.4 Å². The number of rotatable bonds is 2. The van der Waals surface area contributed by atoms with Gasteiger partial charge in [-0.25, -0.2) is 0 Å². The Hall–Kier alpha value is -1.81. The fourth-order valence-corrected chi connectivity index (χ4v) is 3.52. The number of carbonyl (C=O) groups is 1. The highest BCUT2D eigenvalue weighted by Crippen LogP contribution is 2.33. The summed E-state index contributed by atoms with van der Waals surface area (Å²) in [7, 11) is 0. The van der Waals surface area contributed by atoms with E-state index in [2.05, 4.69) is 26.6 Å². The quantitative estimate of drug-likeness (QED) is 0.856. The van der Waals surface area contributed by atoms with Gasteiger partial charge in [-0.2, -0.15) is 0 Å². The number of anilines is 2. The molecule has 0 saturated carbocycles. The first kappa shape index (κ1) is 14.1. The van der Waals surface area contributed by atoms with Gasteiger partial charge in [0.15, 0.2) is 0 Å². The Labute approximate surface area is 132 Å². The second-order valence-electron chi connectivity index (χ2n) is 5.42. The summed E-state index contributed by atoms with van der Waals surface area (Å²) in [5.41, 5.74) is 5.17. The molecule has 0 radical (unpaired) electrons. The summed E-state index contributed by atoms with van der Waals surface area (Å²) in [6.07, 6.45) is 0. The number of nitrogens with one attached hydrogen (secondary N) is 2. The maximum atomic E-state index is 12.6. The van der Waals surface area contributed by atoms with Gasteiger partial charge in [0.2, 0.25) is 5.91 Å². The highest BCUT2D eigenvalue weighted by Gasteiger charge is 2.28. The number of carbonyl (C=O) groups excluding carboxylic acids is 1. The molecule has 1 heterocycles. The molecule has 1 aliphatic rings. The smallest absolute Gasteiger partial charge is 0.233 e. The average molecular weight is 345 g/mol. The highest BCUT2D eigenvalue weighted by atomic mass is 79.9. The minimum Gasteiger partial charge on any atom is -0.384 e. The van der Waals surface area contributed by atoms with Crippen molar-refractivity contribution >= 4 is 33.2 Å². The fourth-order valence-electron chi connectivity index (χ4n) is 2.84. The van der Waals surface area contributed by atoms with Crippen LogP contribution in [0.3, 0.4) is 0 Å². The molecule has 0 bridgehead atoms. The van der Waals surface area contributed by atoms with E-state index >= 15 is 0 Å². The summed E-state index contributed by atoms with van der Waals surface area (Å²) in [4.78, 5) is 12.6. The molecule has 3 nitrogen and oxygen atoms in total. The maximum Gasteiger partial charge on any atom is 0.233 e. The number of fused-ring (bicyclic) bond motifs is 1. The van der Waals surface area contributed by atoms with Crippen LogP contribution in [-0.4, -0.2) is 12.5 Å². The van der Waals surface area contributed by atoms with E-state index in [-0.39, 0.29) is 11.8 Å². The Bertz CT molecular complexity index is 689. The van der Waals surface area contributed by atoms with Gasteiger partial charge in [0.05, 0.1) is 5.92 Å². The topological polar surface area (TPSA) is 41.1 Å². The van der Waals surface area contributed by atoms with Gasteiger partial charge in [0, 0.05) is 22.4 Å². The lowest BCUT2D eigenvalue weighted by Gasteiger charge is -2.15. The second-order valence-corrected chi connectivity index (χ2v) is 6.34. The van der Waals surface area contributed by atoms with Gasteiger partial charge in [-0.1, -0.05) is 34.1 Å². The van der Waals surface area contributed by atoms with Crippen molar-refractivity contribution in [2.45, 2.75) is 19.8 Å². The third kappa shape index (κ3) is 2.68. The molecule has 1 atom stereocenters. The minimum absolute atomic E-state index is 0.0426. The van der Waals surface area contributed by atoms with Gasteiger partial charge in [-0.05, 0) is 48.7 Å². The molecule has 21 heavy (non-hydrogen) atoms. The minimum atomic E-state index is -0.136. The molecule has 108 valence electrons. The van der Waals surface area contributed by atoms with Crippen molar-refractivity contribution < 1.29 is 4.79 Å². The zero-order chi connectivity index (χ0) is 15.0. The van der Waals surface area contributed by atoms with E-state index in [1.165, 1.54) is 0 Å². The van der Waals surface area contributed by atoms with Crippen LogP contribution < -0.4 is 10.6 Å². The molecule has 1 unspecified atom stereocenters. The number of hydrogen-bond acceptors (Lipinski definition) is 2. The van der Waals surface area contributed by atoms with Crippen LogP contribution in [0.5, 0.6) is 0 Å². The maximum absolute atomic E-state index is 12.6.